The summed E-state index contributed by atoms with van der Waals surface area (Å²) in [6, 6.07) is 1.22. The van der Waals surface area contributed by atoms with E-state index in [0.717, 1.165) is 13.2 Å². The third kappa shape index (κ3) is 2.17. The molecule has 0 aromatic heterocycles. The lowest BCUT2D eigenvalue weighted by Gasteiger charge is -2.38. The van der Waals surface area contributed by atoms with Crippen molar-refractivity contribution in [1.29, 1.82) is 0 Å². The van der Waals surface area contributed by atoms with Gasteiger partial charge in [0.1, 0.15) is 0 Å². The highest BCUT2D eigenvalue weighted by atomic mass is 16.5. The first-order valence-corrected chi connectivity index (χ1v) is 4.59. The quantitative estimate of drug-likeness (QED) is 0.602. The number of hydrogen-bond donors (Lipinski definition) is 0. The van der Waals surface area contributed by atoms with E-state index < -0.39 is 0 Å². The molecule has 0 radical (unpaired) electrons. The minimum absolute atomic E-state index is 0.610. The molecule has 0 spiro atoms. The van der Waals surface area contributed by atoms with E-state index in [-0.39, 0.29) is 0 Å². The third-order valence-corrected chi connectivity index (χ3v) is 2.33. The molecule has 11 heavy (non-hydrogen) atoms. The zero-order chi connectivity index (χ0) is 8.27. The van der Waals surface area contributed by atoms with Gasteiger partial charge in [0.25, 0.3) is 0 Å². The summed E-state index contributed by atoms with van der Waals surface area (Å²) in [7, 11) is 0. The highest BCUT2D eigenvalue weighted by Gasteiger charge is 2.23. The molecule has 66 valence electrons. The summed E-state index contributed by atoms with van der Waals surface area (Å²) in [6.07, 6.45) is 1.24. The summed E-state index contributed by atoms with van der Waals surface area (Å²) >= 11 is 0. The zero-order valence-corrected chi connectivity index (χ0v) is 7.84. The second-order valence-corrected chi connectivity index (χ2v) is 3.47. The van der Waals surface area contributed by atoms with Crippen molar-refractivity contribution in [1.82, 2.24) is 4.90 Å². The number of morpholine rings is 1. The van der Waals surface area contributed by atoms with Crippen molar-refractivity contribution >= 4 is 0 Å². The Morgan fingerprint density at radius 3 is 2.27 bits per heavy atom. The Kier molecular flexibility index (Phi) is 3.34. The first kappa shape index (κ1) is 9.01. The molecule has 1 saturated heterocycles. The van der Waals surface area contributed by atoms with E-state index in [1.807, 2.05) is 0 Å². The predicted molar refractivity (Wildman–Crippen MR) is 46.7 cm³/mol. The van der Waals surface area contributed by atoms with Crippen LogP contribution >= 0.6 is 0 Å². The molecule has 0 amide bonds. The van der Waals surface area contributed by atoms with Crippen LogP contribution < -0.4 is 0 Å². The van der Waals surface area contributed by atoms with Crippen LogP contribution in [0.4, 0.5) is 0 Å². The molecule has 2 nitrogen and oxygen atoms in total. The number of hydrogen-bond acceptors (Lipinski definition) is 2. The van der Waals surface area contributed by atoms with Gasteiger partial charge < -0.3 is 4.74 Å². The van der Waals surface area contributed by atoms with Crippen molar-refractivity contribution in [2.75, 3.05) is 19.8 Å². The van der Waals surface area contributed by atoms with Crippen LogP contribution in [0.1, 0.15) is 27.2 Å². The van der Waals surface area contributed by atoms with Crippen molar-refractivity contribution < 1.29 is 4.74 Å². The smallest absolute Gasteiger partial charge is 0.0620 e. The highest BCUT2D eigenvalue weighted by molar-refractivity contribution is 4.76. The highest BCUT2D eigenvalue weighted by Crippen LogP contribution is 2.12. The van der Waals surface area contributed by atoms with Crippen LogP contribution in [0.5, 0.6) is 0 Å². The molecule has 1 aliphatic rings. The van der Waals surface area contributed by atoms with Gasteiger partial charge in [-0.15, -0.1) is 0 Å². The summed E-state index contributed by atoms with van der Waals surface area (Å²) in [5.41, 5.74) is 0. The van der Waals surface area contributed by atoms with Gasteiger partial charge in [-0.2, -0.15) is 0 Å². The van der Waals surface area contributed by atoms with Gasteiger partial charge in [-0.1, -0.05) is 6.92 Å². The molecule has 1 aliphatic heterocycles. The largest absolute Gasteiger partial charge is 0.378 e. The molecule has 2 atom stereocenters. The summed E-state index contributed by atoms with van der Waals surface area (Å²) in [4.78, 5) is 2.53. The standard InChI is InChI=1S/C9H19NO/c1-4-5-10-8(2)6-11-7-9(10)3/h8-9H,4-7H2,1-3H3. The van der Waals surface area contributed by atoms with Crippen LogP contribution in [-0.2, 0) is 4.74 Å². The summed E-state index contributed by atoms with van der Waals surface area (Å²) < 4.78 is 5.43. The van der Waals surface area contributed by atoms with Crippen molar-refractivity contribution in [3.63, 3.8) is 0 Å². The van der Waals surface area contributed by atoms with E-state index >= 15 is 0 Å². The van der Waals surface area contributed by atoms with Crippen molar-refractivity contribution in [3.8, 4) is 0 Å². The molecular weight excluding hydrogens is 138 g/mol. The van der Waals surface area contributed by atoms with Crippen LogP contribution in [-0.4, -0.2) is 36.7 Å². The fraction of sp³-hybridized carbons (Fsp3) is 1.00. The maximum absolute atomic E-state index is 5.43. The average Bonchev–Trinajstić information content (AvgIpc) is 1.97. The molecule has 0 N–H and O–H groups in total. The predicted octanol–water partition coefficient (Wildman–Crippen LogP) is 1.51. The van der Waals surface area contributed by atoms with E-state index in [2.05, 4.69) is 25.7 Å². The molecule has 0 aliphatic carbocycles. The molecule has 0 bridgehead atoms. The van der Waals surface area contributed by atoms with Gasteiger partial charge in [0, 0.05) is 12.1 Å². The van der Waals surface area contributed by atoms with Crippen LogP contribution in [0.2, 0.25) is 0 Å². The Bertz CT molecular complexity index is 106. The van der Waals surface area contributed by atoms with Gasteiger partial charge in [0.05, 0.1) is 13.2 Å². The fourth-order valence-electron chi connectivity index (χ4n) is 1.73. The first-order valence-electron chi connectivity index (χ1n) is 4.59. The number of nitrogens with zero attached hydrogens (tertiary/aromatic N) is 1. The molecule has 0 aromatic carbocycles. The second kappa shape index (κ2) is 4.07. The molecule has 2 heteroatoms. The minimum atomic E-state index is 0.610. The molecule has 0 saturated carbocycles. The SMILES string of the molecule is CCCN1C(C)COCC1C. The molecule has 2 unspecified atom stereocenters. The van der Waals surface area contributed by atoms with E-state index in [1.165, 1.54) is 13.0 Å². The summed E-state index contributed by atoms with van der Waals surface area (Å²) in [5.74, 6) is 0. The Balaban J connectivity index is 2.41. The van der Waals surface area contributed by atoms with Crippen molar-refractivity contribution in [2.24, 2.45) is 0 Å². The van der Waals surface area contributed by atoms with Crippen molar-refractivity contribution in [2.45, 2.75) is 39.3 Å². The van der Waals surface area contributed by atoms with E-state index in [4.69, 9.17) is 4.74 Å². The Labute approximate surface area is 69.5 Å². The molecule has 1 heterocycles. The van der Waals surface area contributed by atoms with Gasteiger partial charge in [-0.05, 0) is 26.8 Å². The Hall–Kier alpha value is -0.0800. The minimum Gasteiger partial charge on any atom is -0.378 e. The van der Waals surface area contributed by atoms with Crippen molar-refractivity contribution in [3.05, 3.63) is 0 Å². The van der Waals surface area contributed by atoms with Gasteiger partial charge >= 0.3 is 0 Å². The molecule has 1 rings (SSSR count). The van der Waals surface area contributed by atoms with Crippen LogP contribution in [0.3, 0.4) is 0 Å². The van der Waals surface area contributed by atoms with Crippen LogP contribution in [0, 0.1) is 0 Å². The summed E-state index contributed by atoms with van der Waals surface area (Å²) in [5, 5.41) is 0. The van der Waals surface area contributed by atoms with Crippen LogP contribution in [0.15, 0.2) is 0 Å². The molecule has 1 fully saturated rings. The molecule has 0 aromatic rings. The number of rotatable bonds is 2. The second-order valence-electron chi connectivity index (χ2n) is 3.47. The lowest BCUT2D eigenvalue weighted by Crippen LogP contribution is -2.49. The normalized spacial score (nSPS) is 34.1. The van der Waals surface area contributed by atoms with E-state index in [0.29, 0.717) is 12.1 Å². The topological polar surface area (TPSA) is 12.5 Å². The maximum Gasteiger partial charge on any atom is 0.0620 e. The van der Waals surface area contributed by atoms with E-state index in [1.54, 1.807) is 0 Å². The first-order chi connectivity index (χ1) is 5.25. The zero-order valence-electron chi connectivity index (χ0n) is 7.84. The Morgan fingerprint density at radius 2 is 1.82 bits per heavy atom. The van der Waals surface area contributed by atoms with Gasteiger partial charge in [-0.3, -0.25) is 4.90 Å². The van der Waals surface area contributed by atoms with Crippen LogP contribution in [0.25, 0.3) is 0 Å². The monoisotopic (exact) mass is 157 g/mol. The van der Waals surface area contributed by atoms with Gasteiger partial charge in [-0.25, -0.2) is 0 Å². The lowest BCUT2D eigenvalue weighted by atomic mass is 10.1. The summed E-state index contributed by atoms with van der Waals surface area (Å²) in [6.45, 7) is 9.74. The maximum atomic E-state index is 5.43. The Morgan fingerprint density at radius 1 is 1.27 bits per heavy atom. The fourth-order valence-corrected chi connectivity index (χ4v) is 1.73. The van der Waals surface area contributed by atoms with Gasteiger partial charge in [0.2, 0.25) is 0 Å². The average molecular weight is 157 g/mol. The third-order valence-electron chi connectivity index (χ3n) is 2.33. The number of ether oxygens (including phenoxy) is 1. The molecular formula is C9H19NO. The van der Waals surface area contributed by atoms with Gasteiger partial charge in [0.15, 0.2) is 0 Å². The lowest BCUT2D eigenvalue weighted by molar-refractivity contribution is -0.0363. The van der Waals surface area contributed by atoms with E-state index in [9.17, 15) is 0 Å².